The highest BCUT2D eigenvalue weighted by Gasteiger charge is 2.16. The molecule has 4 aromatic carbocycles. The topological polar surface area (TPSA) is 119 Å². The number of anilines is 2. The molecule has 0 aliphatic heterocycles. The SMILES string of the molecule is O=C(CSc1cccc(NC(=O)/C(=C/c2c[nH]c3ccccc23)NC(=O)c2ccccc2)c1)Nc1ccc2cc[nH]c2c1. The fourth-order valence-corrected chi connectivity index (χ4v) is 5.40. The van der Waals surface area contributed by atoms with Crippen LogP contribution in [0, 0.1) is 0 Å². The first kappa shape index (κ1) is 27.6. The van der Waals surface area contributed by atoms with E-state index in [0.29, 0.717) is 16.9 Å². The van der Waals surface area contributed by atoms with Gasteiger partial charge in [0.25, 0.3) is 11.8 Å². The van der Waals surface area contributed by atoms with Gasteiger partial charge in [-0.15, -0.1) is 11.8 Å². The van der Waals surface area contributed by atoms with Gasteiger partial charge >= 0.3 is 0 Å². The van der Waals surface area contributed by atoms with Crippen molar-refractivity contribution in [3.05, 3.63) is 132 Å². The first-order valence-corrected chi connectivity index (χ1v) is 14.6. The lowest BCUT2D eigenvalue weighted by molar-refractivity contribution is -0.114. The van der Waals surface area contributed by atoms with Gasteiger partial charge in [0.15, 0.2) is 0 Å². The molecule has 3 amide bonds. The molecule has 0 radical (unpaired) electrons. The van der Waals surface area contributed by atoms with Crippen molar-refractivity contribution in [1.29, 1.82) is 0 Å². The average Bonchev–Trinajstić information content (AvgIpc) is 3.67. The predicted molar refractivity (Wildman–Crippen MR) is 173 cm³/mol. The fraction of sp³-hybridized carbons (Fsp3) is 0.0294. The van der Waals surface area contributed by atoms with Crippen LogP contribution in [0.2, 0.25) is 0 Å². The van der Waals surface area contributed by atoms with Gasteiger partial charge in [0.2, 0.25) is 5.91 Å². The number of H-pyrrole nitrogens is 2. The number of nitrogens with one attached hydrogen (secondary N) is 5. The molecule has 212 valence electrons. The Morgan fingerprint density at radius 3 is 2.44 bits per heavy atom. The summed E-state index contributed by atoms with van der Waals surface area (Å²) < 4.78 is 0. The van der Waals surface area contributed by atoms with Crippen molar-refractivity contribution in [1.82, 2.24) is 15.3 Å². The van der Waals surface area contributed by atoms with Gasteiger partial charge in [0, 0.05) is 56.2 Å². The Morgan fingerprint density at radius 2 is 1.56 bits per heavy atom. The van der Waals surface area contributed by atoms with Crippen LogP contribution >= 0.6 is 11.8 Å². The lowest BCUT2D eigenvalue weighted by Crippen LogP contribution is -2.30. The highest BCUT2D eigenvalue weighted by molar-refractivity contribution is 8.00. The van der Waals surface area contributed by atoms with E-state index < -0.39 is 11.8 Å². The molecule has 0 unspecified atom stereocenters. The molecule has 0 saturated carbocycles. The maximum atomic E-state index is 13.5. The van der Waals surface area contributed by atoms with Gasteiger partial charge in [-0.2, -0.15) is 0 Å². The number of aromatic nitrogens is 2. The van der Waals surface area contributed by atoms with Gasteiger partial charge in [-0.05, 0) is 66.1 Å². The van der Waals surface area contributed by atoms with Crippen molar-refractivity contribution in [2.75, 3.05) is 16.4 Å². The van der Waals surface area contributed by atoms with Crippen LogP contribution in [-0.2, 0) is 9.59 Å². The number of hydrogen-bond donors (Lipinski definition) is 5. The summed E-state index contributed by atoms with van der Waals surface area (Å²) in [5.74, 6) is -0.821. The zero-order valence-electron chi connectivity index (χ0n) is 22.9. The van der Waals surface area contributed by atoms with Crippen LogP contribution in [0.4, 0.5) is 11.4 Å². The van der Waals surface area contributed by atoms with E-state index in [9.17, 15) is 14.4 Å². The minimum Gasteiger partial charge on any atom is -0.361 e. The van der Waals surface area contributed by atoms with Crippen molar-refractivity contribution < 1.29 is 14.4 Å². The molecule has 0 spiro atoms. The molecule has 2 aromatic heterocycles. The number of carbonyl (C=O) groups is 3. The number of para-hydroxylation sites is 1. The molecule has 6 rings (SSSR count). The Kier molecular flexibility index (Phi) is 8.06. The molecule has 5 N–H and O–H groups in total. The van der Waals surface area contributed by atoms with Crippen molar-refractivity contribution in [3.8, 4) is 0 Å². The lowest BCUT2D eigenvalue weighted by atomic mass is 10.1. The second kappa shape index (κ2) is 12.5. The molecule has 0 fully saturated rings. The van der Waals surface area contributed by atoms with Crippen molar-refractivity contribution >= 4 is 68.7 Å². The van der Waals surface area contributed by atoms with Gasteiger partial charge in [-0.1, -0.05) is 48.5 Å². The van der Waals surface area contributed by atoms with Crippen LogP contribution in [0.3, 0.4) is 0 Å². The lowest BCUT2D eigenvalue weighted by Gasteiger charge is -2.12. The number of rotatable bonds is 9. The number of fused-ring (bicyclic) bond motifs is 2. The number of aromatic amines is 2. The average molecular weight is 586 g/mol. The van der Waals surface area contributed by atoms with E-state index in [2.05, 4.69) is 25.9 Å². The number of carbonyl (C=O) groups excluding carboxylic acids is 3. The standard InChI is InChI=1S/C34H27N5O3S/c40-32(37-26-14-13-22-15-16-35-30(22)19-26)21-43-27-10-6-9-25(18-27)38-34(42)31(39-33(41)23-7-2-1-3-8-23)17-24-20-36-29-12-5-4-11-28(24)29/h1-20,35-36H,21H2,(H,37,40)(H,38,42)(H,39,41)/b31-17-. The number of thioether (sulfide) groups is 1. The Hall–Kier alpha value is -5.54. The molecule has 0 atom stereocenters. The van der Waals surface area contributed by atoms with Gasteiger partial charge < -0.3 is 25.9 Å². The minimum atomic E-state index is -0.478. The maximum Gasteiger partial charge on any atom is 0.272 e. The molecular formula is C34H27N5O3S. The van der Waals surface area contributed by atoms with Crippen molar-refractivity contribution in [2.24, 2.45) is 0 Å². The summed E-state index contributed by atoms with van der Waals surface area (Å²) >= 11 is 1.36. The van der Waals surface area contributed by atoms with Gasteiger partial charge in [0.1, 0.15) is 5.70 Å². The van der Waals surface area contributed by atoms with Crippen molar-refractivity contribution in [3.63, 3.8) is 0 Å². The van der Waals surface area contributed by atoms with Crippen LogP contribution in [0.25, 0.3) is 27.9 Å². The van der Waals surface area contributed by atoms with E-state index in [1.165, 1.54) is 11.8 Å². The van der Waals surface area contributed by atoms with E-state index in [0.717, 1.165) is 32.3 Å². The third-order valence-electron chi connectivity index (χ3n) is 6.75. The molecule has 9 heteroatoms. The molecule has 8 nitrogen and oxygen atoms in total. The van der Waals surface area contributed by atoms with E-state index in [-0.39, 0.29) is 17.4 Å². The third-order valence-corrected chi connectivity index (χ3v) is 7.74. The van der Waals surface area contributed by atoms with Crippen LogP contribution in [-0.4, -0.2) is 33.4 Å². The number of hydrogen-bond acceptors (Lipinski definition) is 4. The summed E-state index contributed by atoms with van der Waals surface area (Å²) in [6.07, 6.45) is 5.31. The molecule has 0 aliphatic carbocycles. The summed E-state index contributed by atoms with van der Waals surface area (Å²) in [4.78, 5) is 46.3. The van der Waals surface area contributed by atoms with Crippen molar-refractivity contribution in [2.45, 2.75) is 4.90 Å². The zero-order valence-corrected chi connectivity index (χ0v) is 23.7. The summed E-state index contributed by atoms with van der Waals surface area (Å²) in [5, 5.41) is 10.6. The molecule has 0 aliphatic rings. The highest BCUT2D eigenvalue weighted by atomic mass is 32.2. The molecule has 2 heterocycles. The summed E-state index contributed by atoms with van der Waals surface area (Å²) in [6, 6.07) is 31.4. The Labute approximate surface area is 251 Å². The molecule has 6 aromatic rings. The largest absolute Gasteiger partial charge is 0.361 e. The molecule has 0 saturated heterocycles. The quantitative estimate of drug-likeness (QED) is 0.0948. The van der Waals surface area contributed by atoms with Crippen LogP contribution < -0.4 is 16.0 Å². The Morgan fingerprint density at radius 1 is 0.744 bits per heavy atom. The fourth-order valence-electron chi connectivity index (χ4n) is 4.64. The predicted octanol–water partition coefficient (Wildman–Crippen LogP) is 6.79. The van der Waals surface area contributed by atoms with E-state index in [1.54, 1.807) is 54.7 Å². The minimum absolute atomic E-state index is 0.0927. The van der Waals surface area contributed by atoms with Crippen LogP contribution in [0.1, 0.15) is 15.9 Å². The molecular weight excluding hydrogens is 558 g/mol. The summed E-state index contributed by atoms with van der Waals surface area (Å²) in [6.45, 7) is 0. The monoisotopic (exact) mass is 585 g/mol. The van der Waals surface area contributed by atoms with Gasteiger partial charge in [0.05, 0.1) is 5.75 Å². The molecule has 0 bridgehead atoms. The normalized spacial score (nSPS) is 11.4. The van der Waals surface area contributed by atoms with Gasteiger partial charge in [-0.25, -0.2) is 0 Å². The third kappa shape index (κ3) is 6.69. The zero-order chi connectivity index (χ0) is 29.6. The van der Waals surface area contributed by atoms with Gasteiger partial charge in [-0.3, -0.25) is 14.4 Å². The van der Waals surface area contributed by atoms with Crippen LogP contribution in [0.15, 0.2) is 126 Å². The molecule has 43 heavy (non-hydrogen) atoms. The summed E-state index contributed by atoms with van der Waals surface area (Å²) in [5.41, 5.74) is 4.41. The Bertz CT molecular complexity index is 1980. The van der Waals surface area contributed by atoms with Crippen LogP contribution in [0.5, 0.6) is 0 Å². The summed E-state index contributed by atoms with van der Waals surface area (Å²) in [7, 11) is 0. The first-order chi connectivity index (χ1) is 21.0. The smallest absolute Gasteiger partial charge is 0.272 e. The van der Waals surface area contributed by atoms with E-state index in [1.807, 2.05) is 66.9 Å². The second-order valence-electron chi connectivity index (χ2n) is 9.77. The Balaban J connectivity index is 1.15. The first-order valence-electron chi connectivity index (χ1n) is 13.6. The maximum absolute atomic E-state index is 13.5. The van der Waals surface area contributed by atoms with E-state index in [4.69, 9.17) is 0 Å². The highest BCUT2D eigenvalue weighted by Crippen LogP contribution is 2.24. The number of amides is 3. The second-order valence-corrected chi connectivity index (χ2v) is 10.8. The van der Waals surface area contributed by atoms with E-state index >= 15 is 0 Å². The number of benzene rings is 4.